The first-order valence-electron chi connectivity index (χ1n) is 13.0. The third-order valence-electron chi connectivity index (χ3n) is 7.08. The minimum absolute atomic E-state index is 0.00556. The molecule has 3 amide bonds. The summed E-state index contributed by atoms with van der Waals surface area (Å²) in [6.07, 6.45) is 0. The van der Waals surface area contributed by atoms with Crippen molar-refractivity contribution in [2.75, 3.05) is 77.2 Å². The van der Waals surface area contributed by atoms with Crippen molar-refractivity contribution < 1.29 is 23.9 Å². The van der Waals surface area contributed by atoms with Crippen molar-refractivity contribution in [3.8, 4) is 5.75 Å². The summed E-state index contributed by atoms with van der Waals surface area (Å²) in [5, 5.41) is 5.69. The van der Waals surface area contributed by atoms with Gasteiger partial charge in [-0.15, -0.1) is 0 Å². The zero-order chi connectivity index (χ0) is 27.7. The molecule has 2 N–H and O–H groups in total. The molecule has 0 aromatic heterocycles. The standard InChI is InChI=1S/C28H39N5O5/c1-6-38-27(35)20-32-15-13-31(14-16-32)17-18-33(4,22(3)34)23-11-12-25(26(19-23)37-5)30-28(36)29-24-10-8-7-9-21(24)2/h7-12,19H,6,13-18,20H2,1-5H3,(H-,29,30,36)/p+1. The molecule has 2 aromatic rings. The number of nitrogens with one attached hydrogen (secondary N) is 2. The summed E-state index contributed by atoms with van der Waals surface area (Å²) in [5.41, 5.74) is 2.97. The number of likely N-dealkylation sites (N-methyl/N-ethyl adjacent to an activating group) is 1. The van der Waals surface area contributed by atoms with Crippen LogP contribution in [0.4, 0.5) is 21.9 Å². The molecule has 10 heteroatoms. The number of quaternary nitrogens is 1. The number of nitrogens with zero attached hydrogens (tertiary/aromatic N) is 3. The fourth-order valence-corrected chi connectivity index (χ4v) is 4.45. The van der Waals surface area contributed by atoms with E-state index in [1.165, 1.54) is 7.11 Å². The van der Waals surface area contributed by atoms with Crippen molar-refractivity contribution >= 4 is 35.0 Å². The molecule has 38 heavy (non-hydrogen) atoms. The molecule has 1 unspecified atom stereocenters. The molecule has 1 heterocycles. The lowest BCUT2D eigenvalue weighted by atomic mass is 10.2. The zero-order valence-corrected chi connectivity index (χ0v) is 23.1. The van der Waals surface area contributed by atoms with Gasteiger partial charge in [-0.05, 0) is 31.5 Å². The van der Waals surface area contributed by atoms with Gasteiger partial charge in [0.25, 0.3) is 0 Å². The summed E-state index contributed by atoms with van der Waals surface area (Å²) in [5.74, 6) is 0.285. The monoisotopic (exact) mass is 526 g/mol. The summed E-state index contributed by atoms with van der Waals surface area (Å²) in [4.78, 5) is 41.6. The molecule has 206 valence electrons. The number of urea groups is 1. The van der Waals surface area contributed by atoms with Crippen LogP contribution in [0.15, 0.2) is 42.5 Å². The van der Waals surface area contributed by atoms with Crippen LogP contribution >= 0.6 is 0 Å². The third-order valence-corrected chi connectivity index (χ3v) is 7.08. The van der Waals surface area contributed by atoms with E-state index < -0.39 is 0 Å². The molecule has 1 aliphatic rings. The molecular weight excluding hydrogens is 486 g/mol. The van der Waals surface area contributed by atoms with E-state index in [4.69, 9.17) is 9.47 Å². The van der Waals surface area contributed by atoms with Crippen molar-refractivity contribution in [3.63, 3.8) is 0 Å². The predicted molar refractivity (Wildman–Crippen MR) is 150 cm³/mol. The van der Waals surface area contributed by atoms with Crippen LogP contribution in [0.5, 0.6) is 5.75 Å². The van der Waals surface area contributed by atoms with Gasteiger partial charge in [0.1, 0.15) is 18.0 Å². The normalized spacial score (nSPS) is 15.8. The summed E-state index contributed by atoms with van der Waals surface area (Å²) in [6.45, 7) is 10.5. The van der Waals surface area contributed by atoms with Crippen LogP contribution < -0.4 is 19.9 Å². The lowest BCUT2D eigenvalue weighted by molar-refractivity contribution is -0.144. The number of esters is 1. The number of aryl methyl sites for hydroxylation is 1. The average molecular weight is 527 g/mol. The van der Waals surface area contributed by atoms with Gasteiger partial charge in [-0.1, -0.05) is 18.2 Å². The highest BCUT2D eigenvalue weighted by atomic mass is 16.5. The number of methoxy groups -OCH3 is 1. The first-order chi connectivity index (χ1) is 18.2. The molecule has 1 saturated heterocycles. The SMILES string of the molecule is CCOC(=O)CN1CCN(CC[N+](C)(C(C)=O)c2ccc(NC(=O)Nc3ccccc3C)c(OC)c2)CC1. The number of rotatable bonds is 10. The molecule has 0 aliphatic carbocycles. The number of amides is 3. The van der Waals surface area contributed by atoms with Crippen molar-refractivity contribution in [2.24, 2.45) is 0 Å². The van der Waals surface area contributed by atoms with Crippen molar-refractivity contribution in [2.45, 2.75) is 20.8 Å². The van der Waals surface area contributed by atoms with Crippen LogP contribution in [0.3, 0.4) is 0 Å². The van der Waals surface area contributed by atoms with Crippen molar-refractivity contribution in [3.05, 3.63) is 48.0 Å². The lowest BCUT2D eigenvalue weighted by Gasteiger charge is -2.37. The molecule has 1 atom stereocenters. The highest BCUT2D eigenvalue weighted by Crippen LogP contribution is 2.33. The van der Waals surface area contributed by atoms with E-state index in [0.717, 1.165) is 49.7 Å². The first-order valence-corrected chi connectivity index (χ1v) is 13.0. The molecule has 2 aromatic carbocycles. The van der Waals surface area contributed by atoms with Crippen LogP contribution in [0.25, 0.3) is 0 Å². The van der Waals surface area contributed by atoms with E-state index in [2.05, 4.69) is 20.4 Å². The summed E-state index contributed by atoms with van der Waals surface area (Å²) in [6, 6.07) is 12.6. The average Bonchev–Trinajstić information content (AvgIpc) is 2.89. The van der Waals surface area contributed by atoms with Crippen molar-refractivity contribution in [1.82, 2.24) is 14.3 Å². The van der Waals surface area contributed by atoms with E-state index in [1.54, 1.807) is 13.0 Å². The highest BCUT2D eigenvalue weighted by molar-refractivity contribution is 6.01. The van der Waals surface area contributed by atoms with Crippen molar-refractivity contribution in [1.29, 1.82) is 0 Å². The molecule has 0 bridgehead atoms. The molecular formula is C28H40N5O5+. The second-order valence-corrected chi connectivity index (χ2v) is 9.64. The fraction of sp³-hybridized carbons (Fsp3) is 0.464. The minimum Gasteiger partial charge on any atom is -0.494 e. The Labute approximate surface area is 225 Å². The lowest BCUT2D eigenvalue weighted by Crippen LogP contribution is -2.55. The van der Waals surface area contributed by atoms with E-state index >= 15 is 0 Å². The Morgan fingerprint density at radius 1 is 0.974 bits per heavy atom. The Morgan fingerprint density at radius 3 is 2.26 bits per heavy atom. The molecule has 3 rings (SSSR count). The smallest absolute Gasteiger partial charge is 0.323 e. The number of benzene rings is 2. The summed E-state index contributed by atoms with van der Waals surface area (Å²) >= 11 is 0. The number of carbonyl (C=O) groups is 3. The van der Waals surface area contributed by atoms with Gasteiger partial charge in [0.15, 0.2) is 0 Å². The molecule has 10 nitrogen and oxygen atoms in total. The molecule has 1 aliphatic heterocycles. The van der Waals surface area contributed by atoms with E-state index in [0.29, 0.717) is 31.1 Å². The molecule has 0 radical (unpaired) electrons. The number of para-hydroxylation sites is 1. The van der Waals surface area contributed by atoms with Crippen LogP contribution in [-0.4, -0.2) is 94.3 Å². The van der Waals surface area contributed by atoms with E-state index in [-0.39, 0.29) is 22.4 Å². The minimum atomic E-state index is -0.378. The summed E-state index contributed by atoms with van der Waals surface area (Å²) < 4.78 is 10.7. The second-order valence-electron chi connectivity index (χ2n) is 9.64. The topological polar surface area (TPSA) is 100 Å². The highest BCUT2D eigenvalue weighted by Gasteiger charge is 2.33. The largest absolute Gasteiger partial charge is 0.494 e. The number of carbonyl (C=O) groups excluding carboxylic acids is 3. The third kappa shape index (κ3) is 7.53. The number of piperazine rings is 1. The maximum atomic E-state index is 12.8. The van der Waals surface area contributed by atoms with Gasteiger partial charge in [0.05, 0.1) is 39.9 Å². The first kappa shape index (κ1) is 29.1. The Morgan fingerprint density at radius 2 is 1.63 bits per heavy atom. The van der Waals surface area contributed by atoms with Crippen LogP contribution in [0.2, 0.25) is 0 Å². The number of ether oxygens (including phenoxy) is 2. The van der Waals surface area contributed by atoms with Gasteiger partial charge >= 0.3 is 17.9 Å². The Hall–Kier alpha value is -3.47. The number of hydrogen-bond acceptors (Lipinski definition) is 7. The predicted octanol–water partition coefficient (Wildman–Crippen LogP) is 3.31. The van der Waals surface area contributed by atoms with Crippen LogP contribution in [0, 0.1) is 6.92 Å². The maximum Gasteiger partial charge on any atom is 0.323 e. The van der Waals surface area contributed by atoms with Gasteiger partial charge in [-0.3, -0.25) is 14.6 Å². The Kier molecular flexibility index (Phi) is 10.2. The molecule has 0 saturated carbocycles. The van der Waals surface area contributed by atoms with E-state index in [9.17, 15) is 14.4 Å². The Bertz CT molecular complexity index is 1130. The zero-order valence-electron chi connectivity index (χ0n) is 23.1. The van der Waals surface area contributed by atoms with Crippen LogP contribution in [0.1, 0.15) is 19.4 Å². The maximum absolute atomic E-state index is 12.8. The summed E-state index contributed by atoms with van der Waals surface area (Å²) in [7, 11) is 3.43. The number of hydrogen-bond donors (Lipinski definition) is 2. The molecule has 0 spiro atoms. The van der Waals surface area contributed by atoms with E-state index in [1.807, 2.05) is 57.3 Å². The van der Waals surface area contributed by atoms with Crippen LogP contribution in [-0.2, 0) is 14.3 Å². The molecule has 1 fully saturated rings. The second kappa shape index (κ2) is 13.4. The van der Waals surface area contributed by atoms with Gasteiger partial charge in [-0.25, -0.2) is 14.1 Å². The number of anilines is 2. The van der Waals surface area contributed by atoms with Gasteiger partial charge in [0.2, 0.25) is 0 Å². The Balaban J connectivity index is 1.64. The quantitative estimate of drug-likeness (QED) is 0.362. The fourth-order valence-electron chi connectivity index (χ4n) is 4.45. The van der Waals surface area contributed by atoms with Gasteiger partial charge in [0, 0.05) is 50.5 Å². The van der Waals surface area contributed by atoms with Gasteiger partial charge in [-0.2, -0.15) is 0 Å². The van der Waals surface area contributed by atoms with Gasteiger partial charge < -0.3 is 20.1 Å².